The molecule has 2 aliphatic rings. The first kappa shape index (κ1) is 21.4. The van der Waals surface area contributed by atoms with Gasteiger partial charge in [-0.25, -0.2) is 0 Å². The van der Waals surface area contributed by atoms with Gasteiger partial charge in [-0.3, -0.25) is 9.79 Å². The number of carbonyl (C=O) groups is 1. The second-order valence-corrected chi connectivity index (χ2v) is 7.87. The second kappa shape index (κ2) is 11.0. The van der Waals surface area contributed by atoms with Crippen LogP contribution < -0.4 is 10.2 Å². The average molecular weight is 402 g/mol. The Morgan fingerprint density at radius 2 is 1.86 bits per heavy atom. The van der Waals surface area contributed by atoms with E-state index in [-0.39, 0.29) is 5.91 Å². The number of anilines is 1. The smallest absolute Gasteiger partial charge is 0.242 e. The van der Waals surface area contributed by atoms with E-state index in [0.29, 0.717) is 6.54 Å². The van der Waals surface area contributed by atoms with Crippen molar-refractivity contribution in [2.24, 2.45) is 10.9 Å². The van der Waals surface area contributed by atoms with E-state index in [4.69, 9.17) is 4.74 Å². The Bertz CT molecular complexity index is 652. The number of nitrogens with one attached hydrogen (secondary N) is 1. The van der Waals surface area contributed by atoms with Crippen molar-refractivity contribution in [2.45, 2.75) is 19.3 Å². The van der Waals surface area contributed by atoms with Crippen LogP contribution in [0.15, 0.2) is 35.3 Å². The first-order valence-corrected chi connectivity index (χ1v) is 10.7. The summed E-state index contributed by atoms with van der Waals surface area (Å²) in [6, 6.07) is 10.4. The Morgan fingerprint density at radius 1 is 1.17 bits per heavy atom. The number of aliphatic imine (C=N–C) groups is 1. The number of hydrogen-bond acceptors (Lipinski definition) is 4. The summed E-state index contributed by atoms with van der Waals surface area (Å²) in [6.45, 7) is 6.25. The molecule has 1 amide bonds. The second-order valence-electron chi connectivity index (χ2n) is 7.87. The Labute approximate surface area is 174 Å². The van der Waals surface area contributed by atoms with Crippen molar-refractivity contribution < 1.29 is 9.53 Å². The molecule has 2 heterocycles. The number of para-hydroxylation sites is 1. The van der Waals surface area contributed by atoms with Crippen LogP contribution in [0.5, 0.6) is 0 Å². The monoisotopic (exact) mass is 401 g/mol. The van der Waals surface area contributed by atoms with Crippen LogP contribution in [-0.4, -0.2) is 88.2 Å². The van der Waals surface area contributed by atoms with E-state index in [2.05, 4.69) is 44.4 Å². The zero-order valence-corrected chi connectivity index (χ0v) is 17.8. The molecule has 0 aliphatic carbocycles. The standard InChI is InChI=1S/C22H35N5O2/c1-23-22(25(2)11-8-19-9-16-29-17-10-19)24-18-21(28)27-14-12-26(13-15-27)20-6-4-3-5-7-20/h3-7,19H,8-18H2,1-2H3,(H,23,24). The molecule has 0 bridgehead atoms. The molecule has 29 heavy (non-hydrogen) atoms. The summed E-state index contributed by atoms with van der Waals surface area (Å²) in [4.78, 5) is 23.4. The van der Waals surface area contributed by atoms with Crippen LogP contribution in [0, 0.1) is 5.92 Å². The molecule has 2 fully saturated rings. The molecular formula is C22H35N5O2. The fourth-order valence-electron chi connectivity index (χ4n) is 4.02. The normalized spacial score (nSPS) is 18.6. The lowest BCUT2D eigenvalue weighted by molar-refractivity contribution is -0.130. The Hall–Kier alpha value is -2.28. The van der Waals surface area contributed by atoms with Gasteiger partial charge in [-0.05, 0) is 37.3 Å². The number of amides is 1. The molecule has 2 saturated heterocycles. The molecule has 0 radical (unpaired) electrons. The number of rotatable bonds is 6. The highest BCUT2D eigenvalue weighted by atomic mass is 16.5. The van der Waals surface area contributed by atoms with E-state index in [1.54, 1.807) is 7.05 Å². The fourth-order valence-corrected chi connectivity index (χ4v) is 4.02. The van der Waals surface area contributed by atoms with E-state index >= 15 is 0 Å². The minimum atomic E-state index is 0.136. The van der Waals surface area contributed by atoms with Crippen LogP contribution >= 0.6 is 0 Å². The van der Waals surface area contributed by atoms with E-state index in [9.17, 15) is 4.79 Å². The van der Waals surface area contributed by atoms with Crippen molar-refractivity contribution in [1.82, 2.24) is 15.1 Å². The lowest BCUT2D eigenvalue weighted by atomic mass is 9.96. The van der Waals surface area contributed by atoms with E-state index in [1.165, 1.54) is 5.69 Å². The molecule has 0 spiro atoms. The van der Waals surface area contributed by atoms with Gasteiger partial charge >= 0.3 is 0 Å². The molecule has 1 N–H and O–H groups in total. The summed E-state index contributed by atoms with van der Waals surface area (Å²) in [5.41, 5.74) is 1.23. The van der Waals surface area contributed by atoms with Crippen LogP contribution in [0.3, 0.4) is 0 Å². The predicted octanol–water partition coefficient (Wildman–Crippen LogP) is 1.66. The van der Waals surface area contributed by atoms with Gasteiger partial charge in [-0.2, -0.15) is 0 Å². The number of nitrogens with zero attached hydrogens (tertiary/aromatic N) is 4. The Kier molecular flexibility index (Phi) is 8.16. The average Bonchev–Trinajstić information content (AvgIpc) is 2.79. The van der Waals surface area contributed by atoms with Crippen molar-refractivity contribution >= 4 is 17.6 Å². The van der Waals surface area contributed by atoms with E-state index in [0.717, 1.165) is 77.1 Å². The molecule has 0 saturated carbocycles. The zero-order chi connectivity index (χ0) is 20.5. The summed E-state index contributed by atoms with van der Waals surface area (Å²) in [5.74, 6) is 1.65. The van der Waals surface area contributed by atoms with Gasteiger partial charge in [0.15, 0.2) is 5.96 Å². The minimum Gasteiger partial charge on any atom is -0.381 e. The van der Waals surface area contributed by atoms with Gasteiger partial charge in [-0.15, -0.1) is 0 Å². The third-order valence-corrected chi connectivity index (χ3v) is 5.94. The largest absolute Gasteiger partial charge is 0.381 e. The number of benzene rings is 1. The number of ether oxygens (including phenoxy) is 1. The molecule has 7 nitrogen and oxygen atoms in total. The zero-order valence-electron chi connectivity index (χ0n) is 17.8. The molecule has 0 aromatic heterocycles. The summed E-state index contributed by atoms with van der Waals surface area (Å²) in [7, 11) is 3.81. The number of piperazine rings is 1. The summed E-state index contributed by atoms with van der Waals surface area (Å²) in [5, 5.41) is 3.24. The van der Waals surface area contributed by atoms with Gasteiger partial charge in [0.2, 0.25) is 5.91 Å². The van der Waals surface area contributed by atoms with Crippen molar-refractivity contribution in [2.75, 3.05) is 71.5 Å². The molecule has 3 rings (SSSR count). The Balaban J connectivity index is 1.38. The molecule has 160 valence electrons. The van der Waals surface area contributed by atoms with E-state index < -0.39 is 0 Å². The lowest BCUT2D eigenvalue weighted by Gasteiger charge is -2.36. The quantitative estimate of drug-likeness (QED) is 0.580. The lowest BCUT2D eigenvalue weighted by Crippen LogP contribution is -2.52. The highest BCUT2D eigenvalue weighted by Gasteiger charge is 2.22. The third kappa shape index (κ3) is 6.35. The molecule has 1 aromatic carbocycles. The van der Waals surface area contributed by atoms with Gasteiger partial charge in [-0.1, -0.05) is 18.2 Å². The van der Waals surface area contributed by atoms with Crippen molar-refractivity contribution in [3.63, 3.8) is 0 Å². The first-order chi connectivity index (χ1) is 14.2. The topological polar surface area (TPSA) is 60.4 Å². The third-order valence-electron chi connectivity index (χ3n) is 5.94. The molecule has 0 atom stereocenters. The van der Waals surface area contributed by atoms with Gasteiger partial charge in [0.25, 0.3) is 0 Å². The molecule has 7 heteroatoms. The van der Waals surface area contributed by atoms with Crippen molar-refractivity contribution in [3.8, 4) is 0 Å². The highest BCUT2D eigenvalue weighted by Crippen LogP contribution is 2.18. The SMILES string of the molecule is CN=C(NCC(=O)N1CCN(c2ccccc2)CC1)N(C)CCC1CCOCC1. The summed E-state index contributed by atoms with van der Waals surface area (Å²) in [6.07, 6.45) is 3.43. The molecule has 2 aliphatic heterocycles. The number of guanidine groups is 1. The molecule has 0 unspecified atom stereocenters. The predicted molar refractivity (Wildman–Crippen MR) is 117 cm³/mol. The first-order valence-electron chi connectivity index (χ1n) is 10.7. The fraction of sp³-hybridized carbons (Fsp3) is 0.636. The van der Waals surface area contributed by atoms with Crippen molar-refractivity contribution in [1.29, 1.82) is 0 Å². The number of carbonyl (C=O) groups excluding carboxylic acids is 1. The molecule has 1 aromatic rings. The van der Waals surface area contributed by atoms with Gasteiger partial charge in [0, 0.05) is 65.7 Å². The van der Waals surface area contributed by atoms with Gasteiger partial charge < -0.3 is 24.8 Å². The minimum absolute atomic E-state index is 0.136. The maximum atomic E-state index is 12.6. The summed E-state index contributed by atoms with van der Waals surface area (Å²) < 4.78 is 5.43. The van der Waals surface area contributed by atoms with Crippen molar-refractivity contribution in [3.05, 3.63) is 30.3 Å². The Morgan fingerprint density at radius 3 is 2.52 bits per heavy atom. The number of hydrogen-bond donors (Lipinski definition) is 1. The maximum absolute atomic E-state index is 12.6. The van der Waals surface area contributed by atoms with Crippen LogP contribution in [-0.2, 0) is 9.53 Å². The van der Waals surface area contributed by atoms with Crippen LogP contribution in [0.4, 0.5) is 5.69 Å². The van der Waals surface area contributed by atoms with Gasteiger partial charge in [0.05, 0.1) is 6.54 Å². The van der Waals surface area contributed by atoms with E-state index in [1.807, 2.05) is 18.0 Å². The maximum Gasteiger partial charge on any atom is 0.242 e. The summed E-state index contributed by atoms with van der Waals surface area (Å²) >= 11 is 0. The van der Waals surface area contributed by atoms with Crippen LogP contribution in [0.25, 0.3) is 0 Å². The van der Waals surface area contributed by atoms with Crippen LogP contribution in [0.1, 0.15) is 19.3 Å². The van der Waals surface area contributed by atoms with Crippen LogP contribution in [0.2, 0.25) is 0 Å². The van der Waals surface area contributed by atoms with Gasteiger partial charge in [0.1, 0.15) is 0 Å². The molecular weight excluding hydrogens is 366 g/mol. The highest BCUT2D eigenvalue weighted by molar-refractivity contribution is 5.86.